The molecule has 1 amide bonds. The SMILES string of the molecule is COc1ccc(S(=O)(=O)n2ccc3cc(C#N)ccc32)cc1N1CCN(C(=O)C(Cl)(Cl)Cl)CC1. The van der Waals surface area contributed by atoms with E-state index >= 15 is 0 Å². The number of aromatic nitrogens is 1. The van der Waals surface area contributed by atoms with E-state index in [4.69, 9.17) is 44.8 Å². The average molecular weight is 542 g/mol. The van der Waals surface area contributed by atoms with Gasteiger partial charge >= 0.3 is 0 Å². The number of hydrogen-bond donors (Lipinski definition) is 0. The fourth-order valence-corrected chi connectivity index (χ4v) is 5.65. The molecule has 1 aliphatic heterocycles. The zero-order chi connectivity index (χ0) is 24.7. The second-order valence-electron chi connectivity index (χ2n) is 7.61. The van der Waals surface area contributed by atoms with Crippen LogP contribution in [0.3, 0.4) is 0 Å². The molecule has 1 aliphatic rings. The Balaban J connectivity index is 1.66. The van der Waals surface area contributed by atoms with Crippen molar-refractivity contribution in [2.24, 2.45) is 0 Å². The smallest absolute Gasteiger partial charge is 0.274 e. The normalized spacial score (nSPS) is 14.8. The Morgan fingerprint density at radius 1 is 1.06 bits per heavy atom. The predicted octanol–water partition coefficient (Wildman–Crippen LogP) is 3.78. The Morgan fingerprint density at radius 2 is 1.76 bits per heavy atom. The number of halogens is 3. The highest BCUT2D eigenvalue weighted by Gasteiger charge is 2.37. The van der Waals surface area contributed by atoms with Crippen LogP contribution in [0, 0.1) is 11.3 Å². The molecule has 0 unspecified atom stereocenters. The van der Waals surface area contributed by atoms with E-state index in [2.05, 4.69) is 0 Å². The minimum Gasteiger partial charge on any atom is -0.495 e. The Hall–Kier alpha value is -2.64. The number of carbonyl (C=O) groups excluding carboxylic acids is 1. The summed E-state index contributed by atoms with van der Waals surface area (Å²) in [7, 11) is -2.44. The summed E-state index contributed by atoms with van der Waals surface area (Å²) in [6.07, 6.45) is 1.46. The third-order valence-electron chi connectivity index (χ3n) is 5.64. The Morgan fingerprint density at radius 3 is 2.38 bits per heavy atom. The number of methoxy groups -OCH3 is 1. The number of benzene rings is 2. The summed E-state index contributed by atoms with van der Waals surface area (Å²) in [6, 6.07) is 13.2. The first-order valence-corrected chi connectivity index (χ1v) is 12.7. The molecule has 2 aromatic carbocycles. The lowest BCUT2D eigenvalue weighted by molar-refractivity contribution is -0.130. The van der Waals surface area contributed by atoms with Gasteiger partial charge in [0.2, 0.25) is 0 Å². The van der Waals surface area contributed by atoms with Gasteiger partial charge in [0, 0.05) is 37.8 Å². The van der Waals surface area contributed by atoms with Gasteiger partial charge < -0.3 is 14.5 Å². The molecular formula is C22H19Cl3N4O4S. The van der Waals surface area contributed by atoms with Crippen molar-refractivity contribution in [3.05, 3.63) is 54.2 Å². The average Bonchev–Trinajstić information content (AvgIpc) is 3.26. The molecule has 0 spiro atoms. The van der Waals surface area contributed by atoms with Gasteiger partial charge in [0.25, 0.3) is 19.7 Å². The van der Waals surface area contributed by atoms with Gasteiger partial charge in [-0.1, -0.05) is 34.8 Å². The summed E-state index contributed by atoms with van der Waals surface area (Å²) in [6.45, 7) is 1.40. The van der Waals surface area contributed by atoms with Gasteiger partial charge in [-0.3, -0.25) is 4.79 Å². The third-order valence-corrected chi connectivity index (χ3v) is 7.81. The summed E-state index contributed by atoms with van der Waals surface area (Å²) in [5.74, 6) is -0.101. The number of anilines is 1. The molecule has 0 bridgehead atoms. The number of fused-ring (bicyclic) bond motifs is 1. The Kier molecular flexibility index (Phi) is 6.62. The van der Waals surface area contributed by atoms with Crippen molar-refractivity contribution in [2.45, 2.75) is 8.69 Å². The zero-order valence-electron chi connectivity index (χ0n) is 17.9. The van der Waals surface area contributed by atoms with Gasteiger partial charge in [0.05, 0.1) is 34.8 Å². The number of nitrogens with zero attached hydrogens (tertiary/aromatic N) is 4. The lowest BCUT2D eigenvalue weighted by Gasteiger charge is -2.37. The number of hydrogen-bond acceptors (Lipinski definition) is 6. The minimum absolute atomic E-state index is 0.0740. The number of nitriles is 1. The van der Waals surface area contributed by atoms with Crippen LogP contribution in [0.15, 0.2) is 53.6 Å². The molecule has 1 saturated heterocycles. The number of piperazine rings is 1. The van der Waals surface area contributed by atoms with Crippen molar-refractivity contribution < 1.29 is 17.9 Å². The van der Waals surface area contributed by atoms with E-state index in [0.717, 1.165) is 0 Å². The van der Waals surface area contributed by atoms with Crippen LogP contribution in [0.2, 0.25) is 0 Å². The monoisotopic (exact) mass is 540 g/mol. The van der Waals surface area contributed by atoms with Crippen molar-refractivity contribution in [1.82, 2.24) is 8.87 Å². The highest BCUT2D eigenvalue weighted by Crippen LogP contribution is 2.34. The molecule has 0 saturated carbocycles. The first kappa shape index (κ1) is 24.5. The molecule has 0 aliphatic carbocycles. The maximum absolute atomic E-state index is 13.5. The molecule has 34 heavy (non-hydrogen) atoms. The van der Waals surface area contributed by atoms with E-state index in [1.807, 2.05) is 11.0 Å². The quantitative estimate of drug-likeness (QED) is 0.467. The molecule has 2 heterocycles. The van der Waals surface area contributed by atoms with Crippen molar-refractivity contribution in [1.29, 1.82) is 5.26 Å². The molecule has 0 radical (unpaired) electrons. The van der Waals surface area contributed by atoms with Crippen molar-refractivity contribution >= 4 is 67.3 Å². The summed E-state index contributed by atoms with van der Waals surface area (Å²) in [4.78, 5) is 15.7. The van der Waals surface area contributed by atoms with Gasteiger partial charge in [-0.15, -0.1) is 0 Å². The summed E-state index contributed by atoms with van der Waals surface area (Å²) in [5.41, 5.74) is 1.49. The summed E-state index contributed by atoms with van der Waals surface area (Å²) in [5, 5.41) is 9.74. The maximum atomic E-state index is 13.5. The molecule has 0 atom stereocenters. The van der Waals surface area contributed by atoms with Crippen molar-refractivity contribution in [2.75, 3.05) is 38.2 Å². The van der Waals surface area contributed by atoms with Crippen LogP contribution in [0.5, 0.6) is 5.75 Å². The highest BCUT2D eigenvalue weighted by molar-refractivity contribution is 7.90. The van der Waals surface area contributed by atoms with Crippen LogP contribution < -0.4 is 9.64 Å². The van der Waals surface area contributed by atoms with Crippen LogP contribution >= 0.6 is 34.8 Å². The molecule has 4 rings (SSSR count). The van der Waals surface area contributed by atoms with E-state index in [9.17, 15) is 13.2 Å². The summed E-state index contributed by atoms with van der Waals surface area (Å²) >= 11 is 17.2. The standard InChI is InChI=1S/C22H19Cl3N4O4S/c1-33-20-5-3-17(13-19(20)27-8-10-28(11-9-27)21(30)22(23,24)25)34(31,32)29-7-6-16-12-15(14-26)2-4-18(16)29/h2-7,12-13H,8-11H2,1H3. The fourth-order valence-electron chi connectivity index (χ4n) is 3.92. The lowest BCUT2D eigenvalue weighted by Crippen LogP contribution is -2.51. The molecule has 1 fully saturated rings. The van der Waals surface area contributed by atoms with Crippen LogP contribution in [-0.4, -0.2) is 60.3 Å². The number of rotatable bonds is 4. The highest BCUT2D eigenvalue weighted by atomic mass is 35.6. The van der Waals surface area contributed by atoms with E-state index in [-0.39, 0.29) is 4.90 Å². The topological polar surface area (TPSA) is 95.6 Å². The molecule has 178 valence electrons. The van der Waals surface area contributed by atoms with Crippen molar-refractivity contribution in [3.8, 4) is 11.8 Å². The Labute approximate surface area is 211 Å². The van der Waals surface area contributed by atoms with Crippen LogP contribution in [0.25, 0.3) is 10.9 Å². The van der Waals surface area contributed by atoms with Gasteiger partial charge in [-0.05, 0) is 42.5 Å². The number of alkyl halides is 3. The first-order chi connectivity index (χ1) is 16.1. The van der Waals surface area contributed by atoms with Gasteiger partial charge in [-0.2, -0.15) is 5.26 Å². The van der Waals surface area contributed by atoms with Gasteiger partial charge in [-0.25, -0.2) is 12.4 Å². The second-order valence-corrected chi connectivity index (χ2v) is 11.7. The second kappa shape index (κ2) is 9.19. The molecular weight excluding hydrogens is 523 g/mol. The number of ether oxygens (including phenoxy) is 1. The van der Waals surface area contributed by atoms with Crippen LogP contribution in [0.4, 0.5) is 5.69 Å². The lowest BCUT2D eigenvalue weighted by atomic mass is 10.2. The van der Waals surface area contributed by atoms with E-state index < -0.39 is 19.7 Å². The zero-order valence-corrected chi connectivity index (χ0v) is 21.0. The maximum Gasteiger partial charge on any atom is 0.274 e. The van der Waals surface area contributed by atoms with Crippen LogP contribution in [0.1, 0.15) is 5.56 Å². The first-order valence-electron chi connectivity index (χ1n) is 10.1. The van der Waals surface area contributed by atoms with Gasteiger partial charge in [0.15, 0.2) is 0 Å². The fraction of sp³-hybridized carbons (Fsp3) is 0.273. The molecule has 1 aromatic heterocycles. The Bertz CT molecular complexity index is 1400. The largest absolute Gasteiger partial charge is 0.495 e. The van der Waals surface area contributed by atoms with E-state index in [1.54, 1.807) is 36.4 Å². The minimum atomic E-state index is -3.94. The number of carbonyl (C=O) groups is 1. The molecule has 0 N–H and O–H groups in total. The predicted molar refractivity (Wildman–Crippen MR) is 131 cm³/mol. The van der Waals surface area contributed by atoms with E-state index in [0.29, 0.717) is 54.1 Å². The third kappa shape index (κ3) is 4.51. The van der Waals surface area contributed by atoms with E-state index in [1.165, 1.54) is 28.2 Å². The molecule has 12 heteroatoms. The number of amides is 1. The summed E-state index contributed by atoms with van der Waals surface area (Å²) < 4.78 is 31.6. The molecule has 8 nitrogen and oxygen atoms in total. The molecule has 3 aromatic rings. The van der Waals surface area contributed by atoms with Crippen molar-refractivity contribution in [3.63, 3.8) is 0 Å². The van der Waals surface area contributed by atoms with Crippen LogP contribution in [-0.2, 0) is 14.8 Å². The van der Waals surface area contributed by atoms with Gasteiger partial charge in [0.1, 0.15) is 5.75 Å².